The van der Waals surface area contributed by atoms with Crippen LogP contribution in [0.3, 0.4) is 0 Å². The zero-order valence-corrected chi connectivity index (χ0v) is 16.1. The van der Waals surface area contributed by atoms with Crippen LogP contribution in [-0.2, 0) is 6.18 Å². The van der Waals surface area contributed by atoms with Crippen molar-refractivity contribution in [1.29, 1.82) is 0 Å². The third-order valence-corrected chi connectivity index (χ3v) is 5.41. The number of piperidine rings is 1. The predicted molar refractivity (Wildman–Crippen MR) is 103 cm³/mol. The van der Waals surface area contributed by atoms with Crippen LogP contribution in [-0.4, -0.2) is 49.1 Å². The molecule has 1 fully saturated rings. The van der Waals surface area contributed by atoms with Gasteiger partial charge in [-0.1, -0.05) is 5.21 Å². The van der Waals surface area contributed by atoms with E-state index in [2.05, 4.69) is 20.5 Å². The van der Waals surface area contributed by atoms with Crippen molar-refractivity contribution >= 4 is 16.9 Å². The number of alkyl halides is 3. The van der Waals surface area contributed by atoms with Gasteiger partial charge in [-0.25, -0.2) is 4.68 Å². The van der Waals surface area contributed by atoms with E-state index in [9.17, 15) is 18.0 Å². The first kappa shape index (κ1) is 19.3. The second-order valence-corrected chi connectivity index (χ2v) is 7.43. The normalized spacial score (nSPS) is 17.4. The Kier molecular flexibility index (Phi) is 4.53. The minimum Gasteiger partial charge on any atom is -0.463 e. The topological polar surface area (TPSA) is 92.8 Å². The lowest BCUT2D eigenvalue weighted by molar-refractivity contribution is -0.137. The second kappa shape index (κ2) is 7.25. The highest BCUT2D eigenvalue weighted by Crippen LogP contribution is 2.32. The van der Waals surface area contributed by atoms with Crippen LogP contribution in [0.25, 0.3) is 22.5 Å². The molecule has 4 heterocycles. The molecule has 1 aliphatic rings. The first-order chi connectivity index (χ1) is 14.9. The van der Waals surface area contributed by atoms with Crippen LogP contribution in [0.2, 0.25) is 0 Å². The Morgan fingerprint density at radius 1 is 1.23 bits per heavy atom. The van der Waals surface area contributed by atoms with Crippen LogP contribution in [0, 0.1) is 0 Å². The maximum absolute atomic E-state index is 13.0. The molecule has 11 heteroatoms. The molecular weight excluding hydrogens is 413 g/mol. The summed E-state index contributed by atoms with van der Waals surface area (Å²) in [6.45, 7) is 0.921. The molecule has 0 bridgehead atoms. The van der Waals surface area contributed by atoms with Crippen LogP contribution in [0.5, 0.6) is 0 Å². The number of furan rings is 1. The number of nitrogens with one attached hydrogen (secondary N) is 1. The number of benzene rings is 1. The fourth-order valence-electron chi connectivity index (χ4n) is 3.88. The molecule has 1 aliphatic heterocycles. The molecule has 1 amide bonds. The number of halogens is 3. The Morgan fingerprint density at radius 3 is 2.87 bits per heavy atom. The highest BCUT2D eigenvalue weighted by atomic mass is 19.4. The summed E-state index contributed by atoms with van der Waals surface area (Å²) in [4.78, 5) is 14.6. The Balaban J connectivity index is 1.36. The number of aromatic amines is 1. The molecule has 4 aromatic rings. The Hall–Kier alpha value is -3.63. The third kappa shape index (κ3) is 3.56. The maximum Gasteiger partial charge on any atom is 0.416 e. The quantitative estimate of drug-likeness (QED) is 0.532. The summed E-state index contributed by atoms with van der Waals surface area (Å²) >= 11 is 0. The number of carbonyl (C=O) groups is 1. The lowest BCUT2D eigenvalue weighted by atomic mass is 10.0. The molecule has 31 heavy (non-hydrogen) atoms. The van der Waals surface area contributed by atoms with Crippen molar-refractivity contribution in [2.24, 2.45) is 0 Å². The lowest BCUT2D eigenvalue weighted by Gasteiger charge is -2.32. The number of hydrogen-bond donors (Lipinski definition) is 1. The fraction of sp³-hybridized carbons (Fsp3) is 0.300. The molecule has 1 aromatic carbocycles. The lowest BCUT2D eigenvalue weighted by Crippen LogP contribution is -2.41. The van der Waals surface area contributed by atoms with Crippen molar-refractivity contribution in [3.63, 3.8) is 0 Å². The van der Waals surface area contributed by atoms with Gasteiger partial charge in [0, 0.05) is 19.2 Å². The molecule has 8 nitrogen and oxygen atoms in total. The summed E-state index contributed by atoms with van der Waals surface area (Å²) in [5.74, 6) is 0.345. The maximum atomic E-state index is 13.0. The number of fused-ring (bicyclic) bond motifs is 1. The number of carbonyl (C=O) groups excluding carboxylic acids is 1. The van der Waals surface area contributed by atoms with Crippen LogP contribution in [0.1, 0.15) is 34.9 Å². The van der Waals surface area contributed by atoms with E-state index < -0.39 is 11.7 Å². The third-order valence-electron chi connectivity index (χ3n) is 5.41. The van der Waals surface area contributed by atoms with Crippen LogP contribution >= 0.6 is 0 Å². The number of likely N-dealkylation sites (tertiary alicyclic amines) is 1. The Morgan fingerprint density at radius 2 is 2.10 bits per heavy atom. The van der Waals surface area contributed by atoms with Crippen molar-refractivity contribution in [1.82, 2.24) is 30.1 Å². The molecule has 0 saturated carbocycles. The van der Waals surface area contributed by atoms with E-state index in [0.29, 0.717) is 30.1 Å². The van der Waals surface area contributed by atoms with E-state index in [1.807, 2.05) is 0 Å². The van der Waals surface area contributed by atoms with Crippen molar-refractivity contribution in [3.8, 4) is 11.5 Å². The van der Waals surface area contributed by atoms with Gasteiger partial charge in [0.1, 0.15) is 11.2 Å². The van der Waals surface area contributed by atoms with Gasteiger partial charge in [0.15, 0.2) is 11.5 Å². The molecule has 3 aromatic heterocycles. The number of rotatable bonds is 3. The molecule has 160 valence electrons. The van der Waals surface area contributed by atoms with Gasteiger partial charge in [-0.3, -0.25) is 9.89 Å². The van der Waals surface area contributed by atoms with Crippen LogP contribution in [0.15, 0.2) is 47.1 Å². The summed E-state index contributed by atoms with van der Waals surface area (Å²) in [6.07, 6.45) is -1.44. The molecule has 1 saturated heterocycles. The molecule has 0 radical (unpaired) electrons. The van der Waals surface area contributed by atoms with Crippen LogP contribution < -0.4 is 0 Å². The van der Waals surface area contributed by atoms with Gasteiger partial charge in [-0.15, -0.1) is 5.10 Å². The number of aromatic nitrogens is 5. The Labute approximate surface area is 173 Å². The number of H-pyrrole nitrogens is 1. The molecule has 0 unspecified atom stereocenters. The summed E-state index contributed by atoms with van der Waals surface area (Å²) in [7, 11) is 0. The number of hydrogen-bond acceptors (Lipinski definition) is 5. The van der Waals surface area contributed by atoms with Crippen molar-refractivity contribution in [2.45, 2.75) is 25.1 Å². The number of amides is 1. The smallest absolute Gasteiger partial charge is 0.416 e. The van der Waals surface area contributed by atoms with E-state index in [1.54, 1.807) is 27.8 Å². The number of nitrogens with zero attached hydrogens (tertiary/aromatic N) is 5. The van der Waals surface area contributed by atoms with Crippen molar-refractivity contribution in [3.05, 3.63) is 53.9 Å². The van der Waals surface area contributed by atoms with Gasteiger partial charge in [0.05, 0.1) is 23.4 Å². The molecular formula is C20H17F3N6O2. The largest absolute Gasteiger partial charge is 0.463 e. The molecule has 5 rings (SSSR count). The fourth-order valence-corrected chi connectivity index (χ4v) is 3.88. The zero-order chi connectivity index (χ0) is 21.6. The molecule has 0 spiro atoms. The first-order valence-electron chi connectivity index (χ1n) is 9.71. The summed E-state index contributed by atoms with van der Waals surface area (Å²) in [6, 6.07) is 8.34. The molecule has 1 N–H and O–H groups in total. The summed E-state index contributed by atoms with van der Waals surface area (Å²) < 4.78 is 45.8. The average molecular weight is 430 g/mol. The van der Waals surface area contributed by atoms with Gasteiger partial charge in [0.2, 0.25) is 0 Å². The van der Waals surface area contributed by atoms with E-state index in [0.717, 1.165) is 25.0 Å². The van der Waals surface area contributed by atoms with Gasteiger partial charge in [-0.05, 0) is 43.2 Å². The average Bonchev–Trinajstić information content (AvgIpc) is 3.52. The van der Waals surface area contributed by atoms with Crippen molar-refractivity contribution in [2.75, 3.05) is 13.1 Å². The Bertz CT molecular complexity index is 1230. The standard InChI is InChI=1S/C20H17F3N6O2/c21-20(22,23)12-5-6-17-14(9-12)26-27-29(17)13-3-1-7-28(11-13)19(30)16-10-15(24-25-16)18-4-2-8-31-18/h2,4-6,8-10,13H,1,3,7,11H2,(H,24,25)/t13-/m0/s1. The highest BCUT2D eigenvalue weighted by molar-refractivity contribution is 5.93. The van der Waals surface area contributed by atoms with E-state index in [4.69, 9.17) is 4.42 Å². The van der Waals surface area contributed by atoms with E-state index >= 15 is 0 Å². The van der Waals surface area contributed by atoms with Gasteiger partial charge < -0.3 is 9.32 Å². The van der Waals surface area contributed by atoms with Gasteiger partial charge in [-0.2, -0.15) is 18.3 Å². The molecule has 1 atom stereocenters. The van der Waals surface area contributed by atoms with Crippen LogP contribution in [0.4, 0.5) is 13.2 Å². The van der Waals surface area contributed by atoms with Gasteiger partial charge >= 0.3 is 6.18 Å². The van der Waals surface area contributed by atoms with Gasteiger partial charge in [0.25, 0.3) is 5.91 Å². The zero-order valence-electron chi connectivity index (χ0n) is 16.1. The molecule has 0 aliphatic carbocycles. The van der Waals surface area contributed by atoms with Crippen molar-refractivity contribution < 1.29 is 22.4 Å². The predicted octanol–water partition coefficient (Wildman–Crippen LogP) is 3.91. The SMILES string of the molecule is O=C(c1cc(-c2ccco2)[nH]n1)N1CCC[C@H](n2nnc3cc(C(F)(F)F)ccc32)C1. The second-order valence-electron chi connectivity index (χ2n) is 7.43. The van der Waals surface area contributed by atoms with E-state index in [-0.39, 0.29) is 23.2 Å². The minimum absolute atomic E-state index is 0.175. The summed E-state index contributed by atoms with van der Waals surface area (Å²) in [5.41, 5.74) is 0.786. The van der Waals surface area contributed by atoms with E-state index in [1.165, 1.54) is 12.3 Å². The highest BCUT2D eigenvalue weighted by Gasteiger charge is 2.32. The minimum atomic E-state index is -4.44. The first-order valence-corrected chi connectivity index (χ1v) is 9.71. The summed E-state index contributed by atoms with van der Waals surface area (Å²) in [5, 5.41) is 14.9. The monoisotopic (exact) mass is 430 g/mol.